The van der Waals surface area contributed by atoms with Gasteiger partial charge in [0.05, 0.1) is 11.5 Å². The van der Waals surface area contributed by atoms with Gasteiger partial charge in [0.2, 0.25) is 5.91 Å². The van der Waals surface area contributed by atoms with Crippen LogP contribution in [0, 0.1) is 5.92 Å². The summed E-state index contributed by atoms with van der Waals surface area (Å²) in [4.78, 5) is 15.2. The van der Waals surface area contributed by atoms with Crippen LogP contribution in [0.4, 0.5) is 18.9 Å². The Labute approximate surface area is 258 Å². The summed E-state index contributed by atoms with van der Waals surface area (Å²) in [6, 6.07) is 10.9. The first-order valence-corrected chi connectivity index (χ1v) is 15.1. The highest BCUT2D eigenvalue weighted by molar-refractivity contribution is 6.30. The van der Waals surface area contributed by atoms with Crippen LogP contribution >= 0.6 is 11.6 Å². The second-order valence-electron chi connectivity index (χ2n) is 12.1. The zero-order valence-electron chi connectivity index (χ0n) is 24.1. The van der Waals surface area contributed by atoms with Crippen LogP contribution in [-0.2, 0) is 25.4 Å². The Morgan fingerprint density at radius 2 is 1.98 bits per heavy atom. The Balaban J connectivity index is 1.28. The smallest absolute Gasteiger partial charge is 0.395 e. The molecule has 12 heteroatoms. The van der Waals surface area contributed by atoms with Crippen molar-refractivity contribution in [3.63, 3.8) is 0 Å². The number of anilines is 1. The Morgan fingerprint density at radius 3 is 2.61 bits per heavy atom. The van der Waals surface area contributed by atoms with Crippen LogP contribution < -0.4 is 11.1 Å². The molecule has 4 N–H and O–H groups in total. The van der Waals surface area contributed by atoms with Gasteiger partial charge in [0.1, 0.15) is 37.0 Å². The summed E-state index contributed by atoms with van der Waals surface area (Å²) >= 11 is 6.25. The van der Waals surface area contributed by atoms with Crippen molar-refractivity contribution in [3.05, 3.63) is 82.2 Å². The highest BCUT2D eigenvalue weighted by Crippen LogP contribution is 2.41. The molecule has 6 rings (SSSR count). The van der Waals surface area contributed by atoms with Crippen molar-refractivity contribution in [2.24, 2.45) is 11.7 Å². The van der Waals surface area contributed by atoms with Crippen molar-refractivity contribution >= 4 is 28.8 Å². The third kappa shape index (κ3) is 6.62. The average Bonchev–Trinajstić information content (AvgIpc) is 3.68. The zero-order valence-corrected chi connectivity index (χ0v) is 24.9. The number of epoxide rings is 1. The lowest BCUT2D eigenvalue weighted by Gasteiger charge is -2.40. The highest BCUT2D eigenvalue weighted by atomic mass is 35.5. The number of benzene rings is 2. The van der Waals surface area contributed by atoms with Gasteiger partial charge in [-0.3, -0.25) is 4.79 Å². The first-order chi connectivity index (χ1) is 20.9. The summed E-state index contributed by atoms with van der Waals surface area (Å²) in [5, 5.41) is 14.6. The lowest BCUT2D eigenvalue weighted by Crippen LogP contribution is -2.48. The number of allylic oxidation sites excluding steroid dienone is 1. The molecule has 3 heterocycles. The molecule has 4 unspecified atom stereocenters. The predicted octanol–water partition coefficient (Wildman–Crippen LogP) is 5.66. The molecule has 4 aliphatic rings. The van der Waals surface area contributed by atoms with E-state index in [9.17, 15) is 23.1 Å². The van der Waals surface area contributed by atoms with Gasteiger partial charge in [0, 0.05) is 35.5 Å². The fourth-order valence-corrected chi connectivity index (χ4v) is 6.11. The molecule has 2 fully saturated rings. The molecule has 0 bridgehead atoms. The number of amides is 1. The van der Waals surface area contributed by atoms with Gasteiger partial charge < -0.3 is 35.3 Å². The molecule has 0 spiro atoms. The van der Waals surface area contributed by atoms with Gasteiger partial charge in [-0.2, -0.15) is 13.2 Å². The minimum absolute atomic E-state index is 0.113. The fraction of sp³-hybridized carbons (Fsp3) is 0.469. The quantitative estimate of drug-likeness (QED) is 0.322. The van der Waals surface area contributed by atoms with Crippen LogP contribution in [0.15, 0.2) is 60.5 Å². The molecule has 44 heavy (non-hydrogen) atoms. The Morgan fingerprint density at radius 1 is 1.25 bits per heavy atom. The van der Waals surface area contributed by atoms with Crippen LogP contribution in [0.5, 0.6) is 0 Å². The Kier molecular flexibility index (Phi) is 8.44. The van der Waals surface area contributed by atoms with Crippen LogP contribution in [0.3, 0.4) is 0 Å². The lowest BCUT2D eigenvalue weighted by molar-refractivity contribution is -0.184. The molecule has 8 nitrogen and oxygen atoms in total. The number of nitrogens with two attached hydrogens (primary N) is 1. The van der Waals surface area contributed by atoms with Crippen LogP contribution in [0.1, 0.15) is 55.4 Å². The summed E-state index contributed by atoms with van der Waals surface area (Å²) < 4.78 is 59.0. The van der Waals surface area contributed by atoms with Gasteiger partial charge in [-0.15, -0.1) is 0 Å². The van der Waals surface area contributed by atoms with Gasteiger partial charge in [-0.1, -0.05) is 29.8 Å². The summed E-state index contributed by atoms with van der Waals surface area (Å²) in [7, 11) is 0. The fourth-order valence-electron chi connectivity index (χ4n) is 5.94. The maximum atomic E-state index is 13.9. The zero-order chi connectivity index (χ0) is 31.2. The van der Waals surface area contributed by atoms with E-state index in [1.807, 2.05) is 19.1 Å². The highest BCUT2D eigenvalue weighted by Gasteiger charge is 2.43. The second kappa shape index (κ2) is 12.0. The SMILES string of the molecule is CC1(OCCC(C(=O)Nc2ccc(C3OC3N)cc2)N2C=C3OC[C@H](C(F)(F)F)Cc4ccc(Cl)cc4C3=CC2O)CCC1. The van der Waals surface area contributed by atoms with Gasteiger partial charge in [0.15, 0.2) is 0 Å². The molecule has 1 amide bonds. The Hall–Kier alpha value is -3.09. The van der Waals surface area contributed by atoms with E-state index < -0.39 is 36.9 Å². The average molecular weight is 634 g/mol. The van der Waals surface area contributed by atoms with Gasteiger partial charge in [-0.25, -0.2) is 0 Å². The summed E-state index contributed by atoms with van der Waals surface area (Å²) in [6.45, 7) is 1.65. The van der Waals surface area contributed by atoms with Crippen molar-refractivity contribution in [2.45, 2.75) is 75.4 Å². The van der Waals surface area contributed by atoms with E-state index in [0.717, 1.165) is 24.8 Å². The molecular formula is C32H35ClF3N3O5. The number of rotatable bonds is 8. The predicted molar refractivity (Wildman–Crippen MR) is 158 cm³/mol. The third-order valence-electron chi connectivity index (χ3n) is 8.83. The number of hydrogen-bond donors (Lipinski definition) is 3. The molecular weight excluding hydrogens is 599 g/mol. The van der Waals surface area contributed by atoms with E-state index in [1.54, 1.807) is 30.3 Å². The molecule has 1 saturated heterocycles. The second-order valence-corrected chi connectivity index (χ2v) is 12.5. The van der Waals surface area contributed by atoms with Crippen molar-refractivity contribution in [2.75, 3.05) is 18.5 Å². The topological polar surface area (TPSA) is 110 Å². The van der Waals surface area contributed by atoms with Crippen LogP contribution in [-0.4, -0.2) is 59.4 Å². The van der Waals surface area contributed by atoms with Crippen molar-refractivity contribution < 1.29 is 37.3 Å². The molecule has 0 radical (unpaired) electrons. The number of carbonyl (C=O) groups excluding carboxylic acids is 1. The number of nitrogens with zero attached hydrogens (tertiary/aromatic N) is 1. The van der Waals surface area contributed by atoms with Crippen molar-refractivity contribution in [1.82, 2.24) is 4.90 Å². The number of alkyl halides is 3. The largest absolute Gasteiger partial charge is 0.491 e. The van der Waals surface area contributed by atoms with E-state index >= 15 is 0 Å². The molecule has 236 valence electrons. The van der Waals surface area contributed by atoms with Gasteiger partial charge in [-0.05, 0) is 79.6 Å². The molecule has 3 aliphatic heterocycles. The first kappa shape index (κ1) is 30.9. The van der Waals surface area contributed by atoms with E-state index in [0.29, 0.717) is 27.4 Å². The molecule has 5 atom stereocenters. The molecule has 2 aromatic rings. The lowest BCUT2D eigenvalue weighted by atomic mass is 9.82. The number of ether oxygens (including phenoxy) is 3. The number of carbonyl (C=O) groups is 1. The summed E-state index contributed by atoms with van der Waals surface area (Å²) in [5.74, 6) is -2.06. The van der Waals surface area contributed by atoms with E-state index in [1.165, 1.54) is 17.2 Å². The van der Waals surface area contributed by atoms with Crippen LogP contribution in [0.2, 0.25) is 5.02 Å². The maximum absolute atomic E-state index is 13.9. The number of halogens is 4. The monoisotopic (exact) mass is 633 g/mol. The first-order valence-electron chi connectivity index (χ1n) is 14.7. The minimum atomic E-state index is -4.49. The normalized spacial score (nSPS) is 26.4. The standard InChI is InChI=1S/C32H35ClF3N3O5/c1-31(10-2-11-31)43-12-9-25(30(41)38-22-7-4-18(5-8-22)28-29(37)44-28)39-16-26-24(15-27(39)40)23-14-21(33)6-3-19(23)13-20(17-42-26)32(34,35)36/h3-8,14-16,20,25,27-29,40H,2,9-13,17,37H2,1H3,(H,38,41)/t20-,25?,27?,28?,29?/m1/s1. The Bertz CT molecular complexity index is 1460. The molecule has 0 aromatic heterocycles. The summed E-state index contributed by atoms with van der Waals surface area (Å²) in [6.07, 6.45) is -0.548. The molecule has 2 aromatic carbocycles. The maximum Gasteiger partial charge on any atom is 0.395 e. The van der Waals surface area contributed by atoms with Crippen molar-refractivity contribution in [3.8, 4) is 0 Å². The minimum Gasteiger partial charge on any atom is -0.491 e. The van der Waals surface area contributed by atoms with E-state index in [4.69, 9.17) is 31.5 Å². The van der Waals surface area contributed by atoms with Crippen LogP contribution in [0.25, 0.3) is 5.57 Å². The number of aliphatic hydroxyl groups is 1. The van der Waals surface area contributed by atoms with Gasteiger partial charge >= 0.3 is 6.18 Å². The third-order valence-corrected chi connectivity index (χ3v) is 9.07. The van der Waals surface area contributed by atoms with E-state index in [-0.39, 0.29) is 43.1 Å². The van der Waals surface area contributed by atoms with Gasteiger partial charge in [0.25, 0.3) is 0 Å². The number of aliphatic hydroxyl groups excluding tert-OH is 1. The van der Waals surface area contributed by atoms with Crippen molar-refractivity contribution in [1.29, 1.82) is 0 Å². The summed E-state index contributed by atoms with van der Waals surface area (Å²) in [5.41, 5.74) is 8.22. The number of hydrogen-bond acceptors (Lipinski definition) is 7. The number of nitrogens with one attached hydrogen (secondary N) is 1. The number of fused-ring (bicyclic) bond motifs is 3. The molecule has 1 saturated carbocycles. The molecule has 1 aliphatic carbocycles. The van der Waals surface area contributed by atoms with E-state index in [2.05, 4.69) is 5.32 Å².